The number of ether oxygens (including phenoxy) is 1. The van der Waals surface area contributed by atoms with Crippen molar-refractivity contribution >= 4 is 11.9 Å². The Morgan fingerprint density at radius 3 is 2.56 bits per heavy atom. The summed E-state index contributed by atoms with van der Waals surface area (Å²) in [7, 11) is 0. The van der Waals surface area contributed by atoms with Crippen molar-refractivity contribution in [3.63, 3.8) is 0 Å². The quantitative estimate of drug-likeness (QED) is 0.454. The molecule has 16 heavy (non-hydrogen) atoms. The normalized spacial score (nSPS) is 23.4. The topological polar surface area (TPSA) is 110 Å². The second-order valence-electron chi connectivity index (χ2n) is 3.15. The lowest BCUT2D eigenvalue weighted by atomic mass is 9.97. The Hall–Kier alpha value is -2.08. The molecule has 1 aliphatic rings. The minimum Gasteiger partial charge on any atom is -0.478 e. The third-order valence-electron chi connectivity index (χ3n) is 2.05. The zero-order chi connectivity index (χ0) is 12.3. The summed E-state index contributed by atoms with van der Waals surface area (Å²) in [5.41, 5.74) is 5.58. The highest BCUT2D eigenvalue weighted by Gasteiger charge is 2.28. The van der Waals surface area contributed by atoms with Gasteiger partial charge in [0.1, 0.15) is 6.10 Å². The average Bonchev–Trinajstić information content (AvgIpc) is 2.20. The third-order valence-corrected chi connectivity index (χ3v) is 2.05. The van der Waals surface area contributed by atoms with Gasteiger partial charge in [0.05, 0.1) is 11.6 Å². The van der Waals surface area contributed by atoms with E-state index in [4.69, 9.17) is 20.7 Å². The lowest BCUT2D eigenvalue weighted by molar-refractivity contribution is -0.137. The Kier molecular flexibility index (Phi) is 3.47. The molecule has 2 atom stereocenters. The van der Waals surface area contributed by atoms with Crippen LogP contribution in [-0.2, 0) is 14.3 Å². The Morgan fingerprint density at radius 1 is 1.44 bits per heavy atom. The molecular weight excluding hydrogens is 214 g/mol. The highest BCUT2D eigenvalue weighted by molar-refractivity contribution is 5.89. The molecule has 6 nitrogen and oxygen atoms in total. The lowest BCUT2D eigenvalue weighted by Crippen LogP contribution is -2.41. The van der Waals surface area contributed by atoms with Crippen molar-refractivity contribution in [1.29, 1.82) is 0 Å². The van der Waals surface area contributed by atoms with Crippen LogP contribution in [0.5, 0.6) is 0 Å². The second kappa shape index (κ2) is 4.63. The van der Waals surface area contributed by atoms with E-state index >= 15 is 0 Å². The molecule has 0 spiro atoms. The Bertz CT molecular complexity index is 396. The van der Waals surface area contributed by atoms with E-state index in [-0.39, 0.29) is 5.57 Å². The number of carboxylic acids is 2. The first kappa shape index (κ1) is 12.0. The lowest BCUT2D eigenvalue weighted by Gasteiger charge is -2.24. The predicted octanol–water partition coefficient (Wildman–Crippen LogP) is -0.122. The van der Waals surface area contributed by atoms with Crippen LogP contribution in [0.25, 0.3) is 0 Å². The molecule has 0 aromatic rings. The molecule has 86 valence electrons. The summed E-state index contributed by atoms with van der Waals surface area (Å²) >= 11 is 0. The van der Waals surface area contributed by atoms with E-state index in [1.165, 1.54) is 18.2 Å². The molecule has 1 rings (SSSR count). The molecule has 4 N–H and O–H groups in total. The van der Waals surface area contributed by atoms with Crippen LogP contribution in [0.2, 0.25) is 0 Å². The fraction of sp³-hybridized carbons (Fsp3) is 0.200. The minimum atomic E-state index is -1.31. The van der Waals surface area contributed by atoms with Crippen molar-refractivity contribution in [2.45, 2.75) is 12.1 Å². The average molecular weight is 225 g/mol. The molecule has 0 heterocycles. The molecule has 0 aliphatic heterocycles. The van der Waals surface area contributed by atoms with E-state index in [1.54, 1.807) is 0 Å². The monoisotopic (exact) mass is 225 g/mol. The van der Waals surface area contributed by atoms with E-state index in [9.17, 15) is 9.59 Å². The maximum absolute atomic E-state index is 10.8. The van der Waals surface area contributed by atoms with Gasteiger partial charge in [-0.2, -0.15) is 0 Å². The number of hydrogen-bond donors (Lipinski definition) is 3. The highest BCUT2D eigenvalue weighted by atomic mass is 16.5. The molecule has 0 amide bonds. The standard InChI is InChI=1S/C10H11NO5/c1-5(9(12)13)16-7-4-2-3-6(8(7)11)10(14)15/h2-4,7-8H,1,11H2,(H,12,13)(H,14,15)/t7-,8-/m0/s1. The number of carbonyl (C=O) groups is 2. The molecule has 0 radical (unpaired) electrons. The zero-order valence-corrected chi connectivity index (χ0v) is 8.29. The largest absolute Gasteiger partial charge is 0.478 e. The van der Waals surface area contributed by atoms with Crippen LogP contribution >= 0.6 is 0 Å². The molecule has 6 heteroatoms. The van der Waals surface area contributed by atoms with Gasteiger partial charge in [-0.25, -0.2) is 9.59 Å². The third kappa shape index (κ3) is 2.48. The van der Waals surface area contributed by atoms with Crippen LogP contribution in [0, 0.1) is 0 Å². The van der Waals surface area contributed by atoms with Crippen molar-refractivity contribution in [3.05, 3.63) is 36.1 Å². The number of hydrogen-bond acceptors (Lipinski definition) is 4. The maximum atomic E-state index is 10.8. The van der Waals surface area contributed by atoms with Crippen LogP contribution < -0.4 is 5.73 Å². The van der Waals surface area contributed by atoms with Crippen molar-refractivity contribution < 1.29 is 24.5 Å². The molecule has 1 aliphatic carbocycles. The van der Waals surface area contributed by atoms with Crippen molar-refractivity contribution in [2.24, 2.45) is 5.73 Å². The van der Waals surface area contributed by atoms with Gasteiger partial charge in [0.2, 0.25) is 0 Å². The molecular formula is C10H11NO5. The first-order valence-corrected chi connectivity index (χ1v) is 4.39. The highest BCUT2D eigenvalue weighted by Crippen LogP contribution is 2.17. The summed E-state index contributed by atoms with van der Waals surface area (Å²) in [6.45, 7) is 3.17. The number of aliphatic carboxylic acids is 2. The van der Waals surface area contributed by atoms with E-state index in [0.717, 1.165) is 0 Å². The minimum absolute atomic E-state index is 0.0364. The number of allylic oxidation sites excluding steroid dienone is 2. The Labute approximate surface area is 91.3 Å². The molecule has 0 saturated heterocycles. The van der Waals surface area contributed by atoms with Gasteiger partial charge in [-0.05, 0) is 12.7 Å². The summed E-state index contributed by atoms with van der Waals surface area (Å²) in [6.07, 6.45) is 3.44. The van der Waals surface area contributed by atoms with Gasteiger partial charge in [-0.15, -0.1) is 0 Å². The van der Waals surface area contributed by atoms with Crippen LogP contribution in [0.4, 0.5) is 0 Å². The van der Waals surface area contributed by atoms with Gasteiger partial charge < -0.3 is 20.7 Å². The van der Waals surface area contributed by atoms with Gasteiger partial charge in [-0.1, -0.05) is 12.2 Å². The van der Waals surface area contributed by atoms with Crippen LogP contribution in [0.3, 0.4) is 0 Å². The van der Waals surface area contributed by atoms with Gasteiger partial charge in [0.15, 0.2) is 5.76 Å². The Balaban J connectivity index is 2.76. The van der Waals surface area contributed by atoms with Crippen molar-refractivity contribution in [2.75, 3.05) is 0 Å². The van der Waals surface area contributed by atoms with Crippen molar-refractivity contribution in [3.8, 4) is 0 Å². The smallest absolute Gasteiger partial charge is 0.370 e. The molecule has 0 unspecified atom stereocenters. The van der Waals surface area contributed by atoms with Crippen LogP contribution in [0.15, 0.2) is 36.1 Å². The van der Waals surface area contributed by atoms with Gasteiger partial charge >= 0.3 is 11.9 Å². The molecule has 0 saturated carbocycles. The first-order valence-electron chi connectivity index (χ1n) is 4.39. The number of rotatable bonds is 4. The summed E-state index contributed by atoms with van der Waals surface area (Å²) in [5, 5.41) is 17.3. The Morgan fingerprint density at radius 2 is 2.06 bits per heavy atom. The summed E-state index contributed by atoms with van der Waals surface area (Å²) in [6, 6.07) is -0.918. The molecule has 0 aromatic carbocycles. The SMILES string of the molecule is C=C(O[C@H]1C=CC=C(C(=O)O)[C@@H]1N)C(=O)O. The summed E-state index contributed by atoms with van der Waals surface area (Å²) in [5.74, 6) is -2.95. The van der Waals surface area contributed by atoms with E-state index < -0.39 is 29.8 Å². The first-order chi connectivity index (χ1) is 7.43. The maximum Gasteiger partial charge on any atom is 0.370 e. The van der Waals surface area contributed by atoms with Gasteiger partial charge in [0.25, 0.3) is 0 Å². The molecule has 0 fully saturated rings. The number of carboxylic acid groups (broad SMARTS) is 2. The van der Waals surface area contributed by atoms with E-state index in [1.807, 2.05) is 0 Å². The fourth-order valence-electron chi connectivity index (χ4n) is 1.22. The second-order valence-corrected chi connectivity index (χ2v) is 3.15. The molecule has 0 aromatic heterocycles. The van der Waals surface area contributed by atoms with E-state index in [0.29, 0.717) is 0 Å². The van der Waals surface area contributed by atoms with Gasteiger partial charge in [-0.3, -0.25) is 0 Å². The van der Waals surface area contributed by atoms with Crippen molar-refractivity contribution in [1.82, 2.24) is 0 Å². The predicted molar refractivity (Wildman–Crippen MR) is 54.5 cm³/mol. The van der Waals surface area contributed by atoms with Crippen LogP contribution in [-0.4, -0.2) is 34.3 Å². The van der Waals surface area contributed by atoms with Crippen LogP contribution in [0.1, 0.15) is 0 Å². The van der Waals surface area contributed by atoms with E-state index in [2.05, 4.69) is 6.58 Å². The summed E-state index contributed by atoms with van der Waals surface area (Å²) in [4.78, 5) is 21.2. The molecule has 0 bridgehead atoms. The summed E-state index contributed by atoms with van der Waals surface area (Å²) < 4.78 is 4.94. The number of nitrogens with two attached hydrogens (primary N) is 1. The van der Waals surface area contributed by atoms with Gasteiger partial charge in [0, 0.05) is 0 Å². The fourth-order valence-corrected chi connectivity index (χ4v) is 1.22. The zero-order valence-electron chi connectivity index (χ0n) is 8.29.